The second kappa shape index (κ2) is 18.9. The molecule has 2 heteroatoms. The van der Waals surface area contributed by atoms with Gasteiger partial charge in [-0.3, -0.25) is 0 Å². The number of hydrogen-bond donors (Lipinski definition) is 0. The van der Waals surface area contributed by atoms with Crippen molar-refractivity contribution in [3.8, 4) is 55.6 Å². The summed E-state index contributed by atoms with van der Waals surface area (Å²) in [7, 11) is 0. The molecule has 0 fully saturated rings. The Morgan fingerprint density at radius 2 is 0.515 bits per heavy atom. The van der Waals surface area contributed by atoms with Gasteiger partial charge in [-0.2, -0.15) is 0 Å². The zero-order valence-electron chi connectivity index (χ0n) is 37.7. The molecule has 0 heterocycles. The molecule has 0 bridgehead atoms. The molecule has 11 rings (SSSR count). The van der Waals surface area contributed by atoms with E-state index in [9.17, 15) is 0 Å². The molecule has 11 aromatic rings. The molecule has 2 nitrogen and oxygen atoms in total. The summed E-state index contributed by atoms with van der Waals surface area (Å²) in [5.74, 6) is 0. The van der Waals surface area contributed by atoms with Crippen molar-refractivity contribution < 1.29 is 0 Å². The quantitative estimate of drug-likeness (QED) is 0.121. The van der Waals surface area contributed by atoms with Gasteiger partial charge < -0.3 is 9.80 Å². The summed E-state index contributed by atoms with van der Waals surface area (Å²) in [5, 5.41) is 2.49. The second-order valence-electron chi connectivity index (χ2n) is 17.0. The topological polar surface area (TPSA) is 6.48 Å². The average molecular weight is 869 g/mol. The lowest BCUT2D eigenvalue weighted by Gasteiger charge is -2.27. The van der Waals surface area contributed by atoms with Gasteiger partial charge in [0, 0.05) is 34.1 Å². The van der Waals surface area contributed by atoms with Gasteiger partial charge in [0.05, 0.1) is 0 Å². The highest BCUT2D eigenvalue weighted by Crippen LogP contribution is 2.41. The number of nitrogens with zero attached hydrogens (tertiary/aromatic N) is 2. The van der Waals surface area contributed by atoms with Gasteiger partial charge in [-0.05, 0) is 145 Å². The van der Waals surface area contributed by atoms with E-state index < -0.39 is 0 Å². The minimum atomic E-state index is 1.08. The first-order valence-corrected chi connectivity index (χ1v) is 23.2. The normalized spacial score (nSPS) is 11.0. The lowest BCUT2D eigenvalue weighted by atomic mass is 9.98. The molecule has 0 radical (unpaired) electrons. The first-order chi connectivity index (χ1) is 33.6. The Bertz CT molecular complexity index is 3350. The van der Waals surface area contributed by atoms with Crippen LogP contribution in [0.25, 0.3) is 72.5 Å². The van der Waals surface area contributed by atoms with E-state index in [2.05, 4.69) is 289 Å². The maximum absolute atomic E-state index is 3.92. The minimum Gasteiger partial charge on any atom is -0.311 e. The van der Waals surface area contributed by atoms with Crippen LogP contribution >= 0.6 is 0 Å². The van der Waals surface area contributed by atoms with Crippen LogP contribution in [-0.2, 0) is 0 Å². The van der Waals surface area contributed by atoms with Gasteiger partial charge in [-0.15, -0.1) is 0 Å². The SMILES string of the molecule is C=Cc1ccc(-c2ccc(N(c3ccc(-c4ccc(N(c5ccc(-c6ccccc6)cc5)c5ccc(-c6ccccc6)cc5)cc4)cc3)c3ccc(-c4cccc5ccccc45)cc3)cc2)cc1. The zero-order valence-corrected chi connectivity index (χ0v) is 37.7. The molecule has 0 aromatic heterocycles. The van der Waals surface area contributed by atoms with Crippen LogP contribution in [0.4, 0.5) is 34.1 Å². The predicted octanol–water partition coefficient (Wildman–Crippen LogP) is 18.8. The number of anilines is 6. The predicted molar refractivity (Wildman–Crippen MR) is 291 cm³/mol. The fourth-order valence-corrected chi connectivity index (χ4v) is 9.25. The van der Waals surface area contributed by atoms with Crippen LogP contribution in [0.2, 0.25) is 0 Å². The molecular weight excluding hydrogens is 821 g/mol. The maximum atomic E-state index is 3.92. The Labute approximate surface area is 399 Å². The van der Waals surface area contributed by atoms with Gasteiger partial charge in [-0.1, -0.05) is 213 Å². The van der Waals surface area contributed by atoms with Gasteiger partial charge in [-0.25, -0.2) is 0 Å². The molecule has 0 saturated carbocycles. The summed E-state index contributed by atoms with van der Waals surface area (Å²) in [6.45, 7) is 3.92. The summed E-state index contributed by atoms with van der Waals surface area (Å²) >= 11 is 0. The lowest BCUT2D eigenvalue weighted by molar-refractivity contribution is 1.28. The molecule has 0 amide bonds. The summed E-state index contributed by atoms with van der Waals surface area (Å²) in [6, 6.07) is 98.2. The number of rotatable bonds is 12. The first kappa shape index (κ1) is 41.7. The van der Waals surface area contributed by atoms with E-state index in [-0.39, 0.29) is 0 Å². The Kier molecular flexibility index (Phi) is 11.6. The highest BCUT2D eigenvalue weighted by Gasteiger charge is 2.17. The van der Waals surface area contributed by atoms with Crippen LogP contribution in [0.3, 0.4) is 0 Å². The monoisotopic (exact) mass is 868 g/mol. The number of fused-ring (bicyclic) bond motifs is 1. The smallest absolute Gasteiger partial charge is 0.0462 e. The summed E-state index contributed by atoms with van der Waals surface area (Å²) < 4.78 is 0. The lowest BCUT2D eigenvalue weighted by Crippen LogP contribution is -2.10. The fourth-order valence-electron chi connectivity index (χ4n) is 9.25. The third-order valence-electron chi connectivity index (χ3n) is 12.9. The van der Waals surface area contributed by atoms with Crippen LogP contribution in [0.15, 0.2) is 280 Å². The van der Waals surface area contributed by atoms with Crippen molar-refractivity contribution >= 4 is 51.0 Å². The van der Waals surface area contributed by atoms with Gasteiger partial charge in [0.15, 0.2) is 0 Å². The summed E-state index contributed by atoms with van der Waals surface area (Å²) in [6.07, 6.45) is 1.88. The van der Waals surface area contributed by atoms with Gasteiger partial charge in [0.1, 0.15) is 0 Å². The fraction of sp³-hybridized carbons (Fsp3) is 0. The van der Waals surface area contributed by atoms with Gasteiger partial charge >= 0.3 is 0 Å². The highest BCUT2D eigenvalue weighted by atomic mass is 15.1. The van der Waals surface area contributed by atoms with E-state index >= 15 is 0 Å². The molecule has 322 valence electrons. The van der Waals surface area contributed by atoms with Crippen molar-refractivity contribution in [1.82, 2.24) is 0 Å². The second-order valence-corrected chi connectivity index (χ2v) is 17.0. The van der Waals surface area contributed by atoms with Crippen molar-refractivity contribution in [2.45, 2.75) is 0 Å². The molecule has 0 spiro atoms. The van der Waals surface area contributed by atoms with E-state index in [4.69, 9.17) is 0 Å². The van der Waals surface area contributed by atoms with Gasteiger partial charge in [0.25, 0.3) is 0 Å². The van der Waals surface area contributed by atoms with Crippen LogP contribution in [-0.4, -0.2) is 0 Å². The molecule has 0 saturated heterocycles. The largest absolute Gasteiger partial charge is 0.311 e. The average Bonchev–Trinajstić information content (AvgIpc) is 3.42. The zero-order chi connectivity index (χ0) is 45.7. The number of benzene rings is 11. The van der Waals surface area contributed by atoms with E-state index in [0.717, 1.165) is 50.8 Å². The molecule has 0 N–H and O–H groups in total. The summed E-state index contributed by atoms with van der Waals surface area (Å²) in [5.41, 5.74) is 19.5. The molecule has 0 aliphatic rings. The minimum absolute atomic E-state index is 1.08. The van der Waals surface area contributed by atoms with Crippen LogP contribution in [0.1, 0.15) is 5.56 Å². The third-order valence-corrected chi connectivity index (χ3v) is 12.9. The van der Waals surface area contributed by atoms with Crippen molar-refractivity contribution in [2.24, 2.45) is 0 Å². The van der Waals surface area contributed by atoms with Crippen LogP contribution in [0.5, 0.6) is 0 Å². The first-order valence-electron chi connectivity index (χ1n) is 23.2. The van der Waals surface area contributed by atoms with Crippen LogP contribution < -0.4 is 9.80 Å². The Morgan fingerprint density at radius 1 is 0.235 bits per heavy atom. The third kappa shape index (κ3) is 8.63. The molecule has 0 atom stereocenters. The molecule has 11 aromatic carbocycles. The molecular formula is C66H48N2. The van der Waals surface area contributed by atoms with Crippen molar-refractivity contribution in [3.63, 3.8) is 0 Å². The molecule has 68 heavy (non-hydrogen) atoms. The van der Waals surface area contributed by atoms with E-state index in [1.165, 1.54) is 55.3 Å². The van der Waals surface area contributed by atoms with Crippen molar-refractivity contribution in [2.75, 3.05) is 9.80 Å². The summed E-state index contributed by atoms with van der Waals surface area (Å²) in [4.78, 5) is 4.68. The van der Waals surface area contributed by atoms with E-state index in [1.807, 2.05) is 6.08 Å². The standard InChI is InChI=1S/C66H48N2/c1-2-48-20-22-51(23-21-48)54-28-40-62(41-29-54)68(64-46-34-58(35-47-64)66-19-11-17-57-16-9-10-18-65(57)66)63-44-32-56(33-45-63)55-30-42-61(43-31-55)67(59-36-24-52(25-37-59)49-12-5-3-6-13-49)60-38-26-53(27-39-60)50-14-7-4-8-15-50/h2-47H,1H2. The van der Waals surface area contributed by atoms with E-state index in [0.29, 0.717) is 0 Å². The Balaban J connectivity index is 0.912. The van der Waals surface area contributed by atoms with Gasteiger partial charge in [0.2, 0.25) is 0 Å². The van der Waals surface area contributed by atoms with E-state index in [1.54, 1.807) is 0 Å². The highest BCUT2D eigenvalue weighted by molar-refractivity contribution is 5.97. The molecule has 0 aliphatic heterocycles. The number of hydrogen-bond acceptors (Lipinski definition) is 2. The van der Waals surface area contributed by atoms with Crippen molar-refractivity contribution in [3.05, 3.63) is 285 Å². The molecule has 0 aliphatic carbocycles. The molecule has 0 unspecified atom stereocenters. The van der Waals surface area contributed by atoms with Crippen LogP contribution in [0, 0.1) is 0 Å². The Morgan fingerprint density at radius 3 is 0.868 bits per heavy atom. The maximum Gasteiger partial charge on any atom is 0.0462 e. The Hall–Kier alpha value is -8.98. The van der Waals surface area contributed by atoms with Crippen molar-refractivity contribution in [1.29, 1.82) is 0 Å².